The van der Waals surface area contributed by atoms with Gasteiger partial charge in [0.25, 0.3) is 0 Å². The lowest BCUT2D eigenvalue weighted by molar-refractivity contribution is -0.0366. The molecule has 2 fully saturated rings. The fourth-order valence-electron chi connectivity index (χ4n) is 7.23. The minimum atomic E-state index is -2.53. The second-order valence-electron chi connectivity index (χ2n) is 25.0. The maximum atomic E-state index is 13.5. The summed E-state index contributed by atoms with van der Waals surface area (Å²) >= 11 is 34.1. The molecule has 5 heterocycles. The van der Waals surface area contributed by atoms with Crippen LogP contribution in [0.3, 0.4) is 0 Å². The zero-order valence-electron chi connectivity index (χ0n) is 48.4. The Morgan fingerprint density at radius 2 is 0.823 bits per heavy atom. The van der Waals surface area contributed by atoms with Crippen LogP contribution in [0.5, 0.6) is 0 Å². The van der Waals surface area contributed by atoms with Crippen molar-refractivity contribution in [2.45, 2.75) is 172 Å². The van der Waals surface area contributed by atoms with Gasteiger partial charge in [0, 0.05) is 103 Å². The Morgan fingerprint density at radius 3 is 1.15 bits per heavy atom. The third kappa shape index (κ3) is 30.2. The summed E-state index contributed by atoms with van der Waals surface area (Å²) in [5.74, 6) is -3.00. The Bertz CT molecular complexity index is 2570. The van der Waals surface area contributed by atoms with E-state index in [0.717, 1.165) is 54.6 Å². The standard InChI is InChI=1S/C21H31F2N5.C16H24ClF2N3.C10H14Cl2N2.C5H2Cl3N.C5H13N/c1-14-10-15(2)28(27-14)19-12-17(24-13-20(3,4)5)11-18(26-19)25-16-6-8-21(22,23)9-7-16;1-15(2,3)10-20-12-8-13(17)22-14(9-12)21-11-4-6-16(18,19)7-5-11;1-10(2,3)6-13-7-4-8(11)14-9(12)5-7;6-3-1-4(7)9-5(8)2-3;1-5(2,3)4-6/h10-12,16H,6-9,13H2,1-5H3,(H2,24,25,26);8-9,11H,4-7,10H2,1-3H3,(H2,20,21,22);4-5H,6H2,1-3H3,(H,13,14);1-2H;4,6H2,1-3H3. The minimum Gasteiger partial charge on any atom is -0.384 e. The van der Waals surface area contributed by atoms with Gasteiger partial charge < -0.3 is 32.3 Å². The van der Waals surface area contributed by atoms with Gasteiger partial charge in [0.05, 0.1) is 5.69 Å². The lowest BCUT2D eigenvalue weighted by Gasteiger charge is -2.29. The molecule has 0 spiro atoms. The van der Waals surface area contributed by atoms with Crippen molar-refractivity contribution < 1.29 is 17.6 Å². The second kappa shape index (κ2) is 30.5. The molecule has 2 aliphatic carbocycles. The molecule has 0 amide bonds. The molecule has 5 aromatic rings. The smallest absolute Gasteiger partial charge is 0.248 e. The first-order valence-electron chi connectivity index (χ1n) is 26.5. The molecule has 22 heteroatoms. The number of halogens is 10. The van der Waals surface area contributed by atoms with Gasteiger partial charge in [-0.15, -0.1) is 0 Å². The summed E-state index contributed by atoms with van der Waals surface area (Å²) in [6.07, 6.45) is 1.51. The Kier molecular flexibility index (Phi) is 26.8. The summed E-state index contributed by atoms with van der Waals surface area (Å²) < 4.78 is 55.1. The largest absolute Gasteiger partial charge is 0.384 e. The molecule has 2 aliphatic rings. The molecule has 0 radical (unpaired) electrons. The average molecular weight is 1230 g/mol. The highest BCUT2D eigenvalue weighted by Gasteiger charge is 2.36. The van der Waals surface area contributed by atoms with Crippen molar-refractivity contribution in [2.75, 3.05) is 52.8 Å². The van der Waals surface area contributed by atoms with Crippen LogP contribution < -0.4 is 32.3 Å². The van der Waals surface area contributed by atoms with Gasteiger partial charge in [0.15, 0.2) is 5.82 Å². The molecule has 2 saturated carbocycles. The molecule has 0 aromatic carbocycles. The lowest BCUT2D eigenvalue weighted by atomic mass is 9.92. The predicted octanol–water partition coefficient (Wildman–Crippen LogP) is 18.4. The van der Waals surface area contributed by atoms with Gasteiger partial charge in [-0.3, -0.25) is 0 Å². The number of nitrogens with two attached hydrogens (primary N) is 1. The van der Waals surface area contributed by atoms with Crippen molar-refractivity contribution in [2.24, 2.45) is 27.4 Å². The summed E-state index contributed by atoms with van der Waals surface area (Å²) in [6.45, 7) is 33.0. The molecule has 5 aromatic heterocycles. The Balaban J connectivity index is 0.000000284. The number of nitrogens with one attached hydrogen (secondary N) is 5. The first-order valence-corrected chi connectivity index (χ1v) is 28.8. The van der Waals surface area contributed by atoms with Crippen molar-refractivity contribution in [3.05, 3.63) is 96.8 Å². The number of alkyl halides is 4. The number of anilines is 5. The van der Waals surface area contributed by atoms with Crippen LogP contribution in [0.25, 0.3) is 5.82 Å². The third-order valence-electron chi connectivity index (χ3n) is 11.5. The number of rotatable bonds is 11. The molecular formula is C57H84Cl6F4N12. The van der Waals surface area contributed by atoms with E-state index in [0.29, 0.717) is 79.3 Å². The first kappa shape index (κ1) is 69.5. The summed E-state index contributed by atoms with van der Waals surface area (Å²) in [6, 6.07) is 16.2. The van der Waals surface area contributed by atoms with Crippen LogP contribution in [-0.4, -0.2) is 79.8 Å². The maximum absolute atomic E-state index is 13.5. The van der Waals surface area contributed by atoms with E-state index >= 15 is 0 Å². The van der Waals surface area contributed by atoms with E-state index in [9.17, 15) is 17.6 Å². The molecule has 0 unspecified atom stereocenters. The molecule has 0 aliphatic heterocycles. The predicted molar refractivity (Wildman–Crippen MR) is 328 cm³/mol. The van der Waals surface area contributed by atoms with Gasteiger partial charge in [-0.2, -0.15) is 5.10 Å². The second-order valence-corrected chi connectivity index (χ2v) is 27.4. The molecular weight excluding hydrogens is 1140 g/mol. The Morgan fingerprint density at radius 1 is 0.494 bits per heavy atom. The SMILES string of the molecule is CC(C)(C)CN.CC(C)(C)CNc1cc(Cl)nc(Cl)c1.CC(C)(C)CNc1cc(Cl)nc(NC2CCC(F)(F)CC2)c1.Cc1cc(C)n(-c2cc(NCC(C)(C)C)cc(NC3CCC(F)(F)CC3)n2)n1.Clc1cc(Cl)nc(Cl)c1. The van der Waals surface area contributed by atoms with Crippen LogP contribution in [0.15, 0.2) is 54.6 Å². The average Bonchev–Trinajstić information content (AvgIpc) is 3.64. The zero-order chi connectivity index (χ0) is 59.7. The van der Waals surface area contributed by atoms with Gasteiger partial charge >= 0.3 is 0 Å². The summed E-state index contributed by atoms with van der Waals surface area (Å²) in [4.78, 5) is 16.5. The third-order valence-corrected chi connectivity index (χ3v) is 12.7. The first-order chi connectivity index (χ1) is 36.2. The Labute approximate surface area is 497 Å². The maximum Gasteiger partial charge on any atom is 0.248 e. The topological polar surface area (TPSA) is 156 Å². The summed E-state index contributed by atoms with van der Waals surface area (Å²) in [5.41, 5.74) is 10.8. The van der Waals surface area contributed by atoms with Gasteiger partial charge in [0.2, 0.25) is 11.8 Å². The molecule has 7 rings (SSSR count). The van der Waals surface area contributed by atoms with E-state index in [1.807, 2.05) is 42.8 Å². The van der Waals surface area contributed by atoms with Gasteiger partial charge in [-0.25, -0.2) is 42.2 Å². The monoisotopic (exact) mass is 1220 g/mol. The summed E-state index contributed by atoms with van der Waals surface area (Å²) in [7, 11) is 0. The van der Waals surface area contributed by atoms with Crippen LogP contribution in [0.1, 0.15) is 146 Å². The number of hydrogen-bond acceptors (Lipinski definition) is 11. The molecule has 79 heavy (non-hydrogen) atoms. The van der Waals surface area contributed by atoms with Crippen molar-refractivity contribution >= 4 is 98.3 Å². The van der Waals surface area contributed by atoms with E-state index in [4.69, 9.17) is 80.3 Å². The van der Waals surface area contributed by atoms with Crippen molar-refractivity contribution in [1.82, 2.24) is 29.7 Å². The van der Waals surface area contributed by atoms with Crippen LogP contribution in [0.4, 0.5) is 46.3 Å². The molecule has 7 N–H and O–H groups in total. The summed E-state index contributed by atoms with van der Waals surface area (Å²) in [5, 5.41) is 23.5. The molecule has 442 valence electrons. The van der Waals surface area contributed by atoms with E-state index in [-0.39, 0.29) is 54.0 Å². The fourth-order valence-corrected chi connectivity index (χ4v) is 8.67. The van der Waals surface area contributed by atoms with Crippen molar-refractivity contribution in [1.29, 1.82) is 0 Å². The highest BCUT2D eigenvalue weighted by atomic mass is 35.5. The number of pyridine rings is 4. The van der Waals surface area contributed by atoms with Gasteiger partial charge in [-0.05, 0) is 104 Å². The van der Waals surface area contributed by atoms with E-state index in [1.165, 1.54) is 12.1 Å². The van der Waals surface area contributed by atoms with E-state index in [2.05, 4.69) is 130 Å². The molecule has 0 saturated heterocycles. The van der Waals surface area contributed by atoms with Crippen LogP contribution >= 0.6 is 69.6 Å². The minimum absolute atomic E-state index is 0.0123. The van der Waals surface area contributed by atoms with Crippen LogP contribution in [0.2, 0.25) is 30.8 Å². The molecule has 0 atom stereocenters. The fraction of sp³-hybridized carbons (Fsp3) is 0.596. The number of aromatic nitrogens is 6. The Hall–Kier alpha value is -3.77. The van der Waals surface area contributed by atoms with Crippen molar-refractivity contribution in [3.63, 3.8) is 0 Å². The highest BCUT2D eigenvalue weighted by molar-refractivity contribution is 6.36. The van der Waals surface area contributed by atoms with Gasteiger partial charge in [-0.1, -0.05) is 153 Å². The molecule has 12 nitrogen and oxygen atoms in total. The van der Waals surface area contributed by atoms with Crippen LogP contribution in [-0.2, 0) is 0 Å². The number of nitrogens with zero attached hydrogens (tertiary/aromatic N) is 6. The quantitative estimate of drug-likeness (QED) is 0.0553. The normalized spacial score (nSPS) is 15.6. The van der Waals surface area contributed by atoms with Gasteiger partial charge in [0.1, 0.15) is 37.4 Å². The van der Waals surface area contributed by atoms with E-state index in [1.54, 1.807) is 18.2 Å². The lowest BCUT2D eigenvalue weighted by Crippen LogP contribution is -2.32. The molecule has 0 bridgehead atoms. The zero-order valence-corrected chi connectivity index (χ0v) is 52.9. The van der Waals surface area contributed by atoms with Crippen molar-refractivity contribution in [3.8, 4) is 5.82 Å². The number of aryl methyl sites for hydroxylation is 2. The highest BCUT2D eigenvalue weighted by Crippen LogP contribution is 2.36. The van der Waals surface area contributed by atoms with E-state index < -0.39 is 11.8 Å². The number of hydrogen-bond donors (Lipinski definition) is 6. The van der Waals surface area contributed by atoms with Crippen LogP contribution in [0, 0.1) is 35.5 Å².